The number of hydrogen-bond donors (Lipinski definition) is 3. The molecule has 0 amide bonds. The Morgan fingerprint density at radius 1 is 1.57 bits per heavy atom. The van der Waals surface area contributed by atoms with E-state index in [0.29, 0.717) is 19.5 Å². The van der Waals surface area contributed by atoms with Crippen LogP contribution in [-0.4, -0.2) is 40.9 Å². The summed E-state index contributed by atoms with van der Waals surface area (Å²) >= 11 is 1.34. The van der Waals surface area contributed by atoms with Gasteiger partial charge in [0.15, 0.2) is 5.69 Å². The molecule has 6 heteroatoms. The minimum absolute atomic E-state index is 0.104. The van der Waals surface area contributed by atoms with Crippen molar-refractivity contribution < 1.29 is 15.0 Å². The smallest absolute Gasteiger partial charge is 0.355 e. The first-order chi connectivity index (χ1) is 6.74. The summed E-state index contributed by atoms with van der Waals surface area (Å²) in [7, 11) is 0. The number of thiazole rings is 1. The van der Waals surface area contributed by atoms with Crippen LogP contribution in [0.2, 0.25) is 0 Å². The quantitative estimate of drug-likeness (QED) is 0.581. The lowest BCUT2D eigenvalue weighted by Gasteiger charge is -1.98. The molecule has 14 heavy (non-hydrogen) atoms. The molecule has 0 saturated heterocycles. The summed E-state index contributed by atoms with van der Waals surface area (Å²) in [6, 6.07) is 0. The van der Waals surface area contributed by atoms with Gasteiger partial charge >= 0.3 is 5.97 Å². The Labute approximate surface area is 85.4 Å². The van der Waals surface area contributed by atoms with Crippen molar-refractivity contribution >= 4 is 17.3 Å². The van der Waals surface area contributed by atoms with Gasteiger partial charge in [-0.15, -0.1) is 11.3 Å². The van der Waals surface area contributed by atoms with Crippen LogP contribution in [0.1, 0.15) is 15.5 Å². The molecule has 1 aromatic heterocycles. The molecular weight excluding hydrogens is 204 g/mol. The van der Waals surface area contributed by atoms with Crippen LogP contribution in [0.25, 0.3) is 0 Å². The van der Waals surface area contributed by atoms with Crippen LogP contribution in [0.5, 0.6) is 0 Å². The summed E-state index contributed by atoms with van der Waals surface area (Å²) in [5, 5.41) is 22.4. The number of carbonyl (C=O) groups is 1. The molecule has 0 radical (unpaired) electrons. The fourth-order valence-electron chi connectivity index (χ4n) is 0.923. The van der Waals surface area contributed by atoms with Crippen molar-refractivity contribution in [3.05, 3.63) is 16.1 Å². The molecule has 0 atom stereocenters. The summed E-state index contributed by atoms with van der Waals surface area (Å²) in [6.07, 6.45) is 0.692. The van der Waals surface area contributed by atoms with E-state index in [1.807, 2.05) is 0 Å². The summed E-state index contributed by atoms with van der Waals surface area (Å²) in [5.74, 6) is -0.990. The highest BCUT2D eigenvalue weighted by atomic mass is 32.1. The van der Waals surface area contributed by atoms with Gasteiger partial charge in [0.25, 0.3) is 0 Å². The Hall–Kier alpha value is -0.980. The van der Waals surface area contributed by atoms with Gasteiger partial charge in [-0.1, -0.05) is 0 Å². The number of carboxylic acids is 1. The van der Waals surface area contributed by atoms with Crippen LogP contribution >= 0.6 is 11.3 Å². The first kappa shape index (κ1) is 11.1. The van der Waals surface area contributed by atoms with Gasteiger partial charge in [0.05, 0.1) is 11.6 Å². The lowest BCUT2D eigenvalue weighted by molar-refractivity contribution is 0.0691. The molecule has 0 aliphatic carbocycles. The summed E-state index contributed by atoms with van der Waals surface area (Å²) in [5.41, 5.74) is 0.104. The average molecular weight is 216 g/mol. The van der Waals surface area contributed by atoms with Crippen molar-refractivity contribution in [2.24, 2.45) is 0 Å². The SMILES string of the molecule is O=C(O)c1csc(CCNCCO)n1. The fourth-order valence-corrected chi connectivity index (χ4v) is 1.70. The molecule has 1 rings (SSSR count). The largest absolute Gasteiger partial charge is 0.476 e. The number of aliphatic hydroxyl groups excluding tert-OH is 1. The zero-order valence-corrected chi connectivity index (χ0v) is 8.38. The van der Waals surface area contributed by atoms with Crippen LogP contribution < -0.4 is 5.32 Å². The van der Waals surface area contributed by atoms with Crippen LogP contribution in [0.3, 0.4) is 0 Å². The number of aromatic carboxylic acids is 1. The van der Waals surface area contributed by atoms with E-state index in [1.54, 1.807) is 0 Å². The van der Waals surface area contributed by atoms with Crippen molar-refractivity contribution in [1.82, 2.24) is 10.3 Å². The van der Waals surface area contributed by atoms with Crippen LogP contribution in [-0.2, 0) is 6.42 Å². The number of aromatic nitrogens is 1. The van der Waals surface area contributed by atoms with Gasteiger partial charge in [0.1, 0.15) is 0 Å². The van der Waals surface area contributed by atoms with E-state index in [1.165, 1.54) is 16.7 Å². The Morgan fingerprint density at radius 2 is 2.36 bits per heavy atom. The van der Waals surface area contributed by atoms with Crippen LogP contribution in [0.4, 0.5) is 0 Å². The molecule has 0 unspecified atom stereocenters. The van der Waals surface area contributed by atoms with Gasteiger partial charge < -0.3 is 15.5 Å². The lowest BCUT2D eigenvalue weighted by atomic mass is 10.4. The fraction of sp³-hybridized carbons (Fsp3) is 0.500. The molecule has 1 heterocycles. The van der Waals surface area contributed by atoms with Crippen molar-refractivity contribution in [1.29, 1.82) is 0 Å². The maximum absolute atomic E-state index is 10.5. The maximum atomic E-state index is 10.5. The second-order valence-electron chi connectivity index (χ2n) is 2.66. The van der Waals surface area contributed by atoms with Crippen molar-refractivity contribution in [3.8, 4) is 0 Å². The van der Waals surface area contributed by atoms with E-state index in [0.717, 1.165) is 5.01 Å². The van der Waals surface area contributed by atoms with E-state index >= 15 is 0 Å². The standard InChI is InChI=1S/C8H12N2O3S/c11-4-3-9-2-1-7-10-6(5-14-7)8(12)13/h5,9,11H,1-4H2,(H,12,13). The molecule has 0 bridgehead atoms. The Bertz CT molecular complexity index is 301. The molecule has 5 nitrogen and oxygen atoms in total. The highest BCUT2D eigenvalue weighted by Crippen LogP contribution is 2.09. The number of nitrogens with one attached hydrogen (secondary N) is 1. The Morgan fingerprint density at radius 3 is 2.93 bits per heavy atom. The third-order valence-corrected chi connectivity index (χ3v) is 2.48. The summed E-state index contributed by atoms with van der Waals surface area (Å²) in [4.78, 5) is 14.4. The van der Waals surface area contributed by atoms with Crippen molar-refractivity contribution in [2.45, 2.75) is 6.42 Å². The van der Waals surface area contributed by atoms with Gasteiger partial charge in [-0.05, 0) is 0 Å². The van der Waals surface area contributed by atoms with Crippen molar-refractivity contribution in [2.75, 3.05) is 19.7 Å². The zero-order valence-electron chi connectivity index (χ0n) is 7.56. The predicted molar refractivity (Wildman–Crippen MR) is 52.7 cm³/mol. The average Bonchev–Trinajstić information content (AvgIpc) is 2.61. The molecule has 0 fully saturated rings. The monoisotopic (exact) mass is 216 g/mol. The third kappa shape index (κ3) is 3.41. The second kappa shape index (κ2) is 5.69. The van der Waals surface area contributed by atoms with Gasteiger partial charge in [-0.2, -0.15) is 0 Å². The van der Waals surface area contributed by atoms with Gasteiger partial charge in [0, 0.05) is 24.9 Å². The maximum Gasteiger partial charge on any atom is 0.355 e. The highest BCUT2D eigenvalue weighted by molar-refractivity contribution is 7.09. The third-order valence-electron chi connectivity index (χ3n) is 1.58. The molecule has 78 valence electrons. The van der Waals surface area contributed by atoms with E-state index in [2.05, 4.69) is 10.3 Å². The van der Waals surface area contributed by atoms with Gasteiger partial charge in [-0.3, -0.25) is 0 Å². The van der Waals surface area contributed by atoms with E-state index in [-0.39, 0.29) is 12.3 Å². The summed E-state index contributed by atoms with van der Waals surface area (Å²) in [6.45, 7) is 1.36. The normalized spacial score (nSPS) is 10.4. The minimum atomic E-state index is -0.990. The molecule has 0 aliphatic heterocycles. The van der Waals surface area contributed by atoms with Crippen LogP contribution in [0, 0.1) is 0 Å². The first-order valence-electron chi connectivity index (χ1n) is 4.23. The predicted octanol–water partition coefficient (Wildman–Crippen LogP) is -0.0343. The zero-order chi connectivity index (χ0) is 10.4. The second-order valence-corrected chi connectivity index (χ2v) is 3.60. The number of aliphatic hydroxyl groups is 1. The lowest BCUT2D eigenvalue weighted by Crippen LogP contribution is -2.20. The number of hydrogen-bond acceptors (Lipinski definition) is 5. The van der Waals surface area contributed by atoms with E-state index in [9.17, 15) is 4.79 Å². The van der Waals surface area contributed by atoms with E-state index in [4.69, 9.17) is 10.2 Å². The molecule has 0 spiro atoms. The molecule has 3 N–H and O–H groups in total. The van der Waals surface area contributed by atoms with Crippen LogP contribution in [0.15, 0.2) is 5.38 Å². The Kier molecular flexibility index (Phi) is 4.51. The minimum Gasteiger partial charge on any atom is -0.476 e. The molecule has 0 aromatic carbocycles. The van der Waals surface area contributed by atoms with E-state index < -0.39 is 5.97 Å². The summed E-state index contributed by atoms with van der Waals surface area (Å²) < 4.78 is 0. The first-order valence-corrected chi connectivity index (χ1v) is 5.11. The number of carboxylic acid groups (broad SMARTS) is 1. The Balaban J connectivity index is 2.33. The topological polar surface area (TPSA) is 82.5 Å². The van der Waals surface area contributed by atoms with Gasteiger partial charge in [0.2, 0.25) is 0 Å². The van der Waals surface area contributed by atoms with Crippen molar-refractivity contribution in [3.63, 3.8) is 0 Å². The number of nitrogens with zero attached hydrogens (tertiary/aromatic N) is 1. The molecule has 0 aliphatic rings. The highest BCUT2D eigenvalue weighted by Gasteiger charge is 2.07. The molecule has 1 aromatic rings. The molecular formula is C8H12N2O3S. The number of rotatable bonds is 6. The van der Waals surface area contributed by atoms with Gasteiger partial charge in [-0.25, -0.2) is 9.78 Å². The molecule has 0 saturated carbocycles.